The fourth-order valence-corrected chi connectivity index (χ4v) is 6.33. The summed E-state index contributed by atoms with van der Waals surface area (Å²) in [7, 11) is 2.09. The Bertz CT molecular complexity index is 1170. The van der Waals surface area contributed by atoms with Gasteiger partial charge in [-0.1, -0.05) is 0 Å². The number of benzene rings is 1. The molecule has 1 aliphatic carbocycles. The van der Waals surface area contributed by atoms with Crippen molar-refractivity contribution in [2.45, 2.75) is 64.1 Å². The molecule has 0 unspecified atom stereocenters. The van der Waals surface area contributed by atoms with E-state index in [9.17, 15) is 5.11 Å². The minimum Gasteiger partial charge on any atom is -0.507 e. The van der Waals surface area contributed by atoms with E-state index < -0.39 is 0 Å². The van der Waals surface area contributed by atoms with Crippen LogP contribution in [0.5, 0.6) is 5.75 Å². The largest absolute Gasteiger partial charge is 0.507 e. The fraction of sp³-hybridized carbons (Fsp3) is 0.458. The van der Waals surface area contributed by atoms with Crippen molar-refractivity contribution in [1.29, 1.82) is 0 Å². The number of nitrogens with one attached hydrogen (secondary N) is 1. The summed E-state index contributed by atoms with van der Waals surface area (Å²) in [6.45, 7) is 9.01. The molecule has 0 spiro atoms. The molecule has 1 aliphatic heterocycles. The lowest BCUT2D eigenvalue weighted by molar-refractivity contribution is 0.160. The summed E-state index contributed by atoms with van der Waals surface area (Å²) in [6, 6.07) is 8.08. The van der Waals surface area contributed by atoms with Crippen molar-refractivity contribution in [3.05, 3.63) is 34.7 Å². The molecule has 5 rings (SSSR count). The normalized spacial score (nSPS) is 18.9. The molecule has 0 bridgehead atoms. The van der Waals surface area contributed by atoms with Crippen molar-refractivity contribution in [3.63, 3.8) is 0 Å². The zero-order valence-corrected chi connectivity index (χ0v) is 20.0. The second-order valence-corrected chi connectivity index (χ2v) is 11.5. The first-order valence-corrected chi connectivity index (χ1v) is 11.8. The van der Waals surface area contributed by atoms with Crippen LogP contribution in [0, 0.1) is 0 Å². The second-order valence-electron chi connectivity index (χ2n) is 10.4. The van der Waals surface area contributed by atoms with Crippen LogP contribution in [-0.2, 0) is 6.42 Å². The molecule has 0 atom stereocenters. The standard InChI is InChI=1S/C24H30N6OS/c1-23(2)11-14(12-24(3,4)29-23)30(5)20-7-6-17(27-28-20)16-8-13-9-19-21(26-22(25)32-19)15(13)10-18(16)31/h6-8,10,14,29,31H,9,11-12H2,1-5H3,(H2,25,26). The Morgan fingerprint density at radius 2 is 1.81 bits per heavy atom. The SMILES string of the molecule is CN(c1ccc(-c2cc3c(cc2O)-c2nc(N)sc2C3)nn1)C1CC(C)(C)NC(C)(C)C1. The maximum Gasteiger partial charge on any atom is 0.180 e. The highest BCUT2D eigenvalue weighted by molar-refractivity contribution is 7.15. The van der Waals surface area contributed by atoms with Gasteiger partial charge >= 0.3 is 0 Å². The number of anilines is 2. The number of hydrogen-bond acceptors (Lipinski definition) is 8. The maximum absolute atomic E-state index is 10.7. The van der Waals surface area contributed by atoms with Gasteiger partial charge in [0.05, 0.1) is 11.4 Å². The molecule has 2 aliphatic rings. The van der Waals surface area contributed by atoms with Gasteiger partial charge in [-0.15, -0.1) is 21.5 Å². The van der Waals surface area contributed by atoms with Gasteiger partial charge in [0.1, 0.15) is 5.75 Å². The smallest absolute Gasteiger partial charge is 0.180 e. The van der Waals surface area contributed by atoms with E-state index >= 15 is 0 Å². The van der Waals surface area contributed by atoms with Gasteiger partial charge in [-0.2, -0.15) is 0 Å². The van der Waals surface area contributed by atoms with Crippen LogP contribution in [0.3, 0.4) is 0 Å². The number of phenols is 1. The molecule has 0 radical (unpaired) electrons. The molecule has 8 heteroatoms. The number of nitrogens with zero attached hydrogens (tertiary/aromatic N) is 4. The summed E-state index contributed by atoms with van der Waals surface area (Å²) in [5, 5.41) is 24.0. The molecule has 7 nitrogen and oxygen atoms in total. The number of nitrogen functional groups attached to an aromatic ring is 1. The third-order valence-electron chi connectivity index (χ3n) is 6.55. The van der Waals surface area contributed by atoms with Crippen molar-refractivity contribution in [3.8, 4) is 28.3 Å². The Morgan fingerprint density at radius 3 is 2.47 bits per heavy atom. The van der Waals surface area contributed by atoms with Crippen LogP contribution < -0.4 is 16.0 Å². The lowest BCUT2D eigenvalue weighted by Crippen LogP contribution is -2.62. The summed E-state index contributed by atoms with van der Waals surface area (Å²) in [4.78, 5) is 7.80. The van der Waals surface area contributed by atoms with Crippen molar-refractivity contribution < 1.29 is 5.11 Å². The molecular weight excluding hydrogens is 420 g/mol. The molecule has 3 aromatic rings. The molecule has 3 heterocycles. The minimum atomic E-state index is 0.0611. The number of aromatic hydroxyl groups is 1. The first-order chi connectivity index (χ1) is 15.0. The number of phenolic OH excluding ortho intramolecular Hbond substituents is 1. The molecule has 2 aromatic heterocycles. The monoisotopic (exact) mass is 450 g/mol. The number of piperidine rings is 1. The molecule has 1 fully saturated rings. The van der Waals surface area contributed by atoms with Gasteiger partial charge in [-0.3, -0.25) is 0 Å². The summed E-state index contributed by atoms with van der Waals surface area (Å²) < 4.78 is 0. The topological polar surface area (TPSA) is 100 Å². The number of rotatable bonds is 3. The van der Waals surface area contributed by atoms with E-state index in [4.69, 9.17) is 5.73 Å². The van der Waals surface area contributed by atoms with Crippen LogP contribution >= 0.6 is 11.3 Å². The summed E-state index contributed by atoms with van der Waals surface area (Å²) >= 11 is 1.51. The average Bonchev–Trinajstić information content (AvgIpc) is 3.20. The van der Waals surface area contributed by atoms with E-state index in [0.717, 1.165) is 46.8 Å². The van der Waals surface area contributed by atoms with E-state index in [1.807, 2.05) is 18.2 Å². The van der Waals surface area contributed by atoms with Crippen LogP contribution in [0.15, 0.2) is 24.3 Å². The van der Waals surface area contributed by atoms with E-state index in [0.29, 0.717) is 22.4 Å². The third kappa shape index (κ3) is 3.71. The van der Waals surface area contributed by atoms with Gasteiger partial charge in [-0.25, -0.2) is 4.98 Å². The Hall–Kier alpha value is -2.71. The van der Waals surface area contributed by atoms with Gasteiger partial charge < -0.3 is 21.1 Å². The van der Waals surface area contributed by atoms with Crippen LogP contribution in [0.2, 0.25) is 0 Å². The first-order valence-electron chi connectivity index (χ1n) is 11.0. The highest BCUT2D eigenvalue weighted by Gasteiger charge is 2.39. The average molecular weight is 451 g/mol. The number of thiazole rings is 1. The van der Waals surface area contributed by atoms with Gasteiger partial charge in [0, 0.05) is 46.6 Å². The summed E-state index contributed by atoms with van der Waals surface area (Å²) in [5.74, 6) is 1.02. The number of aromatic nitrogens is 3. The highest BCUT2D eigenvalue weighted by Crippen LogP contribution is 2.44. The Morgan fingerprint density at radius 1 is 1.09 bits per heavy atom. The molecule has 4 N–H and O–H groups in total. The predicted octanol–water partition coefficient (Wildman–Crippen LogP) is 4.20. The van der Waals surface area contributed by atoms with Gasteiger partial charge in [0.2, 0.25) is 0 Å². The summed E-state index contributed by atoms with van der Waals surface area (Å²) in [6.07, 6.45) is 2.84. The van der Waals surface area contributed by atoms with Crippen molar-refractivity contribution >= 4 is 22.3 Å². The first kappa shape index (κ1) is 21.2. The Kier molecular flexibility index (Phi) is 4.73. The molecule has 32 heavy (non-hydrogen) atoms. The van der Waals surface area contributed by atoms with E-state index in [1.165, 1.54) is 11.3 Å². The predicted molar refractivity (Wildman–Crippen MR) is 130 cm³/mol. The molecule has 0 amide bonds. The van der Waals surface area contributed by atoms with Crippen LogP contribution in [0.25, 0.3) is 22.5 Å². The van der Waals surface area contributed by atoms with E-state index in [1.54, 1.807) is 6.07 Å². The van der Waals surface area contributed by atoms with Gasteiger partial charge in [-0.05, 0) is 70.4 Å². The van der Waals surface area contributed by atoms with E-state index in [-0.39, 0.29) is 16.8 Å². The highest BCUT2D eigenvalue weighted by atomic mass is 32.1. The van der Waals surface area contributed by atoms with Gasteiger partial charge in [0.25, 0.3) is 0 Å². The molecule has 168 valence electrons. The third-order valence-corrected chi connectivity index (χ3v) is 7.43. The number of hydrogen-bond donors (Lipinski definition) is 3. The Balaban J connectivity index is 1.40. The lowest BCUT2D eigenvalue weighted by atomic mass is 9.79. The van der Waals surface area contributed by atoms with Crippen LogP contribution in [-0.4, -0.2) is 44.5 Å². The zero-order valence-electron chi connectivity index (χ0n) is 19.2. The summed E-state index contributed by atoms with van der Waals surface area (Å²) in [5.41, 5.74) is 10.3. The maximum atomic E-state index is 10.7. The quantitative estimate of drug-likeness (QED) is 0.430. The van der Waals surface area contributed by atoms with E-state index in [2.05, 4.69) is 60.1 Å². The van der Waals surface area contributed by atoms with Crippen molar-refractivity contribution in [1.82, 2.24) is 20.5 Å². The Labute approximate surface area is 192 Å². The fourth-order valence-electron chi connectivity index (χ4n) is 5.46. The molecule has 1 aromatic carbocycles. The minimum absolute atomic E-state index is 0.0611. The number of fused-ring (bicyclic) bond motifs is 3. The van der Waals surface area contributed by atoms with Crippen molar-refractivity contribution in [2.24, 2.45) is 0 Å². The molecular formula is C24H30N6OS. The molecule has 1 saturated heterocycles. The lowest BCUT2D eigenvalue weighted by Gasteiger charge is -2.49. The van der Waals surface area contributed by atoms with Gasteiger partial charge in [0.15, 0.2) is 10.9 Å². The van der Waals surface area contributed by atoms with Crippen molar-refractivity contribution in [2.75, 3.05) is 17.7 Å². The van der Waals surface area contributed by atoms with Crippen LogP contribution in [0.1, 0.15) is 51.0 Å². The zero-order chi connectivity index (χ0) is 22.8. The molecule has 0 saturated carbocycles. The second kappa shape index (κ2) is 7.15. The van der Waals surface area contributed by atoms with Crippen LogP contribution in [0.4, 0.5) is 10.9 Å². The number of nitrogens with two attached hydrogens (primary N) is 1.